The molecule has 3 amide bonds. The third-order valence-electron chi connectivity index (χ3n) is 7.35. The van der Waals surface area contributed by atoms with Crippen molar-refractivity contribution in [2.75, 3.05) is 23.9 Å². The smallest absolute Gasteiger partial charge is 0.250 e. The van der Waals surface area contributed by atoms with Gasteiger partial charge in [0, 0.05) is 22.3 Å². The molecule has 0 bridgehead atoms. The summed E-state index contributed by atoms with van der Waals surface area (Å²) >= 11 is 12.5. The summed E-state index contributed by atoms with van der Waals surface area (Å²) < 4.78 is 5.42. The molecule has 4 aliphatic rings. The molecule has 4 aliphatic heterocycles. The van der Waals surface area contributed by atoms with Gasteiger partial charge in [0.05, 0.1) is 29.7 Å². The number of hydrogen-bond donors (Lipinski definition) is 1. The van der Waals surface area contributed by atoms with E-state index in [1.807, 2.05) is 0 Å². The zero-order valence-corrected chi connectivity index (χ0v) is 18.6. The van der Waals surface area contributed by atoms with Gasteiger partial charge in [0.1, 0.15) is 11.3 Å². The van der Waals surface area contributed by atoms with Gasteiger partial charge in [0.25, 0.3) is 0 Å². The maximum absolute atomic E-state index is 13.9. The number of rotatable bonds is 2. The molecule has 3 fully saturated rings. The van der Waals surface area contributed by atoms with Crippen LogP contribution in [-0.4, -0.2) is 42.3 Å². The molecule has 4 atom stereocenters. The van der Waals surface area contributed by atoms with Gasteiger partial charge in [-0.05, 0) is 55.8 Å². The number of amides is 3. The predicted octanol–water partition coefficient (Wildman–Crippen LogP) is 3.43. The maximum atomic E-state index is 13.9. The fourth-order valence-electron chi connectivity index (χ4n) is 6.20. The quantitative estimate of drug-likeness (QED) is 0.678. The van der Waals surface area contributed by atoms with Gasteiger partial charge < -0.3 is 10.1 Å². The summed E-state index contributed by atoms with van der Waals surface area (Å²) in [6.45, 7) is 0.639. The average molecular weight is 472 g/mol. The van der Waals surface area contributed by atoms with Crippen LogP contribution in [-0.2, 0) is 19.9 Å². The van der Waals surface area contributed by atoms with Crippen LogP contribution in [0.1, 0.15) is 18.4 Å². The Balaban J connectivity index is 1.57. The number of halogens is 2. The Hall–Kier alpha value is -2.61. The normalized spacial score (nSPS) is 30.7. The van der Waals surface area contributed by atoms with Crippen LogP contribution >= 0.6 is 23.2 Å². The molecule has 0 aromatic heterocycles. The summed E-state index contributed by atoms with van der Waals surface area (Å²) in [7, 11) is 1.56. The van der Waals surface area contributed by atoms with Crippen molar-refractivity contribution in [3.8, 4) is 5.75 Å². The summed E-state index contributed by atoms with van der Waals surface area (Å²) in [6, 6.07) is 9.84. The molecule has 32 heavy (non-hydrogen) atoms. The van der Waals surface area contributed by atoms with Gasteiger partial charge in [-0.3, -0.25) is 19.3 Å². The fraction of sp³-hybridized carbons (Fsp3) is 0.348. The van der Waals surface area contributed by atoms with E-state index >= 15 is 0 Å². The zero-order chi connectivity index (χ0) is 22.4. The first-order chi connectivity index (χ1) is 15.4. The molecule has 7 nitrogen and oxygen atoms in total. The van der Waals surface area contributed by atoms with E-state index in [9.17, 15) is 14.4 Å². The van der Waals surface area contributed by atoms with E-state index in [1.54, 1.807) is 37.4 Å². The standard InChI is InChI=1S/C23H19Cl2N3O4/c1-32-12-5-7-15-13(10-12)23(22(31)26-15)19-18(16-3-2-8-27(16)23)20(29)28(21(19)30)17-9-11(24)4-6-14(17)25/h4-7,9-10,16,18-19H,2-3,8H2,1H3,(H,26,31)/t16-,18-,19+,23+/m1/s1. The Morgan fingerprint density at radius 3 is 2.69 bits per heavy atom. The maximum Gasteiger partial charge on any atom is 0.250 e. The van der Waals surface area contributed by atoms with Crippen LogP contribution in [0, 0.1) is 11.8 Å². The summed E-state index contributed by atoms with van der Waals surface area (Å²) in [6.07, 6.45) is 1.59. The summed E-state index contributed by atoms with van der Waals surface area (Å²) in [5, 5.41) is 3.58. The van der Waals surface area contributed by atoms with Gasteiger partial charge in [-0.25, -0.2) is 4.90 Å². The molecule has 0 unspecified atom stereocenters. The van der Waals surface area contributed by atoms with Crippen LogP contribution in [0.25, 0.3) is 0 Å². The Labute approximate surface area is 194 Å². The number of carbonyl (C=O) groups excluding carboxylic acids is 3. The van der Waals surface area contributed by atoms with Gasteiger partial charge in [0.2, 0.25) is 17.7 Å². The predicted molar refractivity (Wildman–Crippen MR) is 119 cm³/mol. The molecule has 6 rings (SSSR count). The first-order valence-corrected chi connectivity index (χ1v) is 11.2. The Morgan fingerprint density at radius 1 is 1.09 bits per heavy atom. The minimum Gasteiger partial charge on any atom is -0.497 e. The lowest BCUT2D eigenvalue weighted by Crippen LogP contribution is -2.54. The molecule has 0 aliphatic carbocycles. The first-order valence-electron chi connectivity index (χ1n) is 10.5. The van der Waals surface area contributed by atoms with E-state index in [0.29, 0.717) is 28.6 Å². The van der Waals surface area contributed by atoms with Crippen LogP contribution in [0.4, 0.5) is 11.4 Å². The number of carbonyl (C=O) groups is 3. The molecule has 3 saturated heterocycles. The number of hydrogen-bond acceptors (Lipinski definition) is 5. The van der Waals surface area contributed by atoms with Crippen LogP contribution in [0.15, 0.2) is 36.4 Å². The van der Waals surface area contributed by atoms with Crippen molar-refractivity contribution in [2.24, 2.45) is 11.8 Å². The van der Waals surface area contributed by atoms with Crippen molar-refractivity contribution in [1.29, 1.82) is 0 Å². The lowest BCUT2D eigenvalue weighted by Gasteiger charge is -2.36. The van der Waals surface area contributed by atoms with Gasteiger partial charge in [-0.15, -0.1) is 0 Å². The van der Waals surface area contributed by atoms with Crippen molar-refractivity contribution in [1.82, 2.24) is 4.90 Å². The molecule has 4 heterocycles. The number of methoxy groups -OCH3 is 1. The summed E-state index contributed by atoms with van der Waals surface area (Å²) in [5.41, 5.74) is 0.318. The molecular formula is C23H19Cl2N3O4. The van der Waals surface area contributed by atoms with Crippen molar-refractivity contribution < 1.29 is 19.1 Å². The molecule has 164 valence electrons. The Morgan fingerprint density at radius 2 is 1.91 bits per heavy atom. The molecule has 1 N–H and O–H groups in total. The van der Waals surface area contributed by atoms with Crippen molar-refractivity contribution in [3.63, 3.8) is 0 Å². The van der Waals surface area contributed by atoms with Gasteiger partial charge in [0.15, 0.2) is 0 Å². The van der Waals surface area contributed by atoms with E-state index in [2.05, 4.69) is 10.2 Å². The molecule has 2 aromatic carbocycles. The number of ether oxygens (including phenoxy) is 1. The monoisotopic (exact) mass is 471 g/mol. The summed E-state index contributed by atoms with van der Waals surface area (Å²) in [5.74, 6) is -1.94. The molecule has 2 aromatic rings. The van der Waals surface area contributed by atoms with Crippen LogP contribution < -0.4 is 15.0 Å². The highest BCUT2D eigenvalue weighted by atomic mass is 35.5. The largest absolute Gasteiger partial charge is 0.497 e. The minimum absolute atomic E-state index is 0.206. The van der Waals surface area contributed by atoms with Gasteiger partial charge in [-0.2, -0.15) is 0 Å². The van der Waals surface area contributed by atoms with Gasteiger partial charge >= 0.3 is 0 Å². The lowest BCUT2D eigenvalue weighted by atomic mass is 9.75. The molecular weight excluding hydrogens is 453 g/mol. The second-order valence-corrected chi connectivity index (χ2v) is 9.49. The number of imide groups is 1. The fourth-order valence-corrected chi connectivity index (χ4v) is 6.57. The van der Waals surface area contributed by atoms with Gasteiger partial charge in [-0.1, -0.05) is 23.2 Å². The van der Waals surface area contributed by atoms with E-state index < -0.39 is 23.3 Å². The van der Waals surface area contributed by atoms with Crippen molar-refractivity contribution in [2.45, 2.75) is 24.4 Å². The number of benzene rings is 2. The number of nitrogens with zero attached hydrogens (tertiary/aromatic N) is 2. The number of anilines is 2. The highest BCUT2D eigenvalue weighted by Gasteiger charge is 2.74. The van der Waals surface area contributed by atoms with Crippen LogP contribution in [0.5, 0.6) is 5.75 Å². The van der Waals surface area contributed by atoms with E-state index in [-0.39, 0.29) is 28.6 Å². The third kappa shape index (κ3) is 2.28. The summed E-state index contributed by atoms with van der Waals surface area (Å²) in [4.78, 5) is 44.5. The first kappa shape index (κ1) is 20.0. The Kier molecular flexibility index (Phi) is 4.19. The van der Waals surface area contributed by atoms with Crippen molar-refractivity contribution in [3.05, 3.63) is 52.0 Å². The van der Waals surface area contributed by atoms with E-state index in [4.69, 9.17) is 27.9 Å². The lowest BCUT2D eigenvalue weighted by molar-refractivity contribution is -0.135. The molecule has 0 saturated carbocycles. The highest BCUT2D eigenvalue weighted by Crippen LogP contribution is 2.61. The topological polar surface area (TPSA) is 79.0 Å². The highest BCUT2D eigenvalue weighted by molar-refractivity contribution is 6.38. The van der Waals surface area contributed by atoms with Crippen LogP contribution in [0.2, 0.25) is 10.0 Å². The van der Waals surface area contributed by atoms with Crippen molar-refractivity contribution >= 4 is 52.3 Å². The molecule has 9 heteroatoms. The second kappa shape index (κ2) is 6.70. The third-order valence-corrected chi connectivity index (χ3v) is 7.90. The second-order valence-electron chi connectivity index (χ2n) is 8.65. The Bertz CT molecular complexity index is 1220. The average Bonchev–Trinajstić information content (AvgIpc) is 3.48. The van der Waals surface area contributed by atoms with Crippen LogP contribution in [0.3, 0.4) is 0 Å². The number of nitrogens with one attached hydrogen (secondary N) is 1. The van der Waals surface area contributed by atoms with E-state index in [0.717, 1.165) is 17.7 Å². The minimum atomic E-state index is -1.26. The SMILES string of the molecule is COc1ccc2c(c1)[C@@]1(C(=O)N2)[C@@H]2C(=O)N(c3cc(Cl)ccc3Cl)C(=O)[C@@H]2[C@H]2CCCN21. The zero-order valence-electron chi connectivity index (χ0n) is 17.1. The number of fused-ring (bicyclic) bond motifs is 7. The molecule has 1 spiro atoms. The molecule has 0 radical (unpaired) electrons. The van der Waals surface area contributed by atoms with E-state index in [1.165, 1.54) is 6.07 Å².